The van der Waals surface area contributed by atoms with Gasteiger partial charge in [-0.15, -0.1) is 0 Å². The molecule has 0 aromatic heterocycles. The Balaban J connectivity index is 1.31. The summed E-state index contributed by atoms with van der Waals surface area (Å²) < 4.78 is 4.98. The summed E-state index contributed by atoms with van der Waals surface area (Å²) in [4.78, 5) is 41.0. The normalized spacial score (nSPS) is 20.0. The molecule has 0 aliphatic carbocycles. The van der Waals surface area contributed by atoms with Crippen molar-refractivity contribution in [2.24, 2.45) is 0 Å². The number of likely N-dealkylation sites (tertiary alicyclic amines) is 1. The van der Waals surface area contributed by atoms with Crippen LogP contribution in [0.5, 0.6) is 0 Å². The lowest BCUT2D eigenvalue weighted by Gasteiger charge is -2.33. The zero-order valence-electron chi connectivity index (χ0n) is 18.3. The van der Waals surface area contributed by atoms with E-state index >= 15 is 0 Å². The quantitative estimate of drug-likeness (QED) is 0.532. The molecule has 2 saturated heterocycles. The Morgan fingerprint density at radius 1 is 1.03 bits per heavy atom. The molecule has 2 aromatic rings. The summed E-state index contributed by atoms with van der Waals surface area (Å²) in [6.45, 7) is 4.89. The molecule has 168 valence electrons. The minimum Gasteiger partial charge on any atom is -0.462 e. The molecule has 2 amide bonds. The van der Waals surface area contributed by atoms with Gasteiger partial charge in [-0.05, 0) is 62.7 Å². The third-order valence-electron chi connectivity index (χ3n) is 6.06. The van der Waals surface area contributed by atoms with Crippen molar-refractivity contribution in [1.29, 1.82) is 0 Å². The summed E-state index contributed by atoms with van der Waals surface area (Å²) in [6, 6.07) is 16.5. The van der Waals surface area contributed by atoms with E-state index in [0.29, 0.717) is 17.9 Å². The number of imide groups is 1. The molecule has 7 nitrogen and oxygen atoms in total. The van der Waals surface area contributed by atoms with Crippen molar-refractivity contribution in [2.45, 2.75) is 44.8 Å². The first-order valence-corrected chi connectivity index (χ1v) is 11.2. The number of nitrogens with one attached hydrogen (secondary N) is 1. The molecule has 0 saturated carbocycles. The fourth-order valence-corrected chi connectivity index (χ4v) is 4.38. The Hall–Kier alpha value is -3.03. The van der Waals surface area contributed by atoms with Crippen LogP contribution in [0, 0.1) is 0 Å². The lowest BCUT2D eigenvalue weighted by Crippen LogP contribution is -2.48. The number of amides is 2. The zero-order valence-corrected chi connectivity index (χ0v) is 18.3. The standard InChI is InChI=1S/C25H29N3O4/c1-2-32-25(31)19-8-10-21(11-9-19)28-23(29)16-22(24(28)30)26-20-12-14-27(15-13-20)17-18-6-4-3-5-7-18/h3-11,20,22,26H,2,12-17H2,1H3. The predicted molar refractivity (Wildman–Crippen MR) is 121 cm³/mol. The summed E-state index contributed by atoms with van der Waals surface area (Å²) in [7, 11) is 0. The van der Waals surface area contributed by atoms with Gasteiger partial charge in [-0.3, -0.25) is 14.5 Å². The van der Waals surface area contributed by atoms with E-state index in [1.165, 1.54) is 10.5 Å². The minimum atomic E-state index is -0.502. The van der Waals surface area contributed by atoms with Gasteiger partial charge in [0.2, 0.25) is 5.91 Å². The summed E-state index contributed by atoms with van der Waals surface area (Å²) in [5.74, 6) is -0.875. The molecule has 32 heavy (non-hydrogen) atoms. The van der Waals surface area contributed by atoms with Crippen LogP contribution in [0.4, 0.5) is 5.69 Å². The van der Waals surface area contributed by atoms with Crippen LogP contribution in [0.25, 0.3) is 0 Å². The number of piperidine rings is 1. The van der Waals surface area contributed by atoms with Gasteiger partial charge in [0.1, 0.15) is 0 Å². The van der Waals surface area contributed by atoms with Crippen LogP contribution in [0.2, 0.25) is 0 Å². The molecule has 1 N–H and O–H groups in total. The highest BCUT2D eigenvalue weighted by Crippen LogP contribution is 2.25. The molecule has 0 radical (unpaired) electrons. The molecule has 2 heterocycles. The van der Waals surface area contributed by atoms with Gasteiger partial charge in [0.05, 0.1) is 30.3 Å². The van der Waals surface area contributed by atoms with Gasteiger partial charge in [-0.25, -0.2) is 9.69 Å². The van der Waals surface area contributed by atoms with Gasteiger partial charge in [0, 0.05) is 12.6 Å². The van der Waals surface area contributed by atoms with E-state index < -0.39 is 12.0 Å². The number of hydrogen-bond donors (Lipinski definition) is 1. The van der Waals surface area contributed by atoms with Crippen LogP contribution in [-0.2, 0) is 20.9 Å². The Labute approximate surface area is 188 Å². The number of ether oxygens (including phenoxy) is 1. The highest BCUT2D eigenvalue weighted by atomic mass is 16.5. The molecule has 2 aliphatic heterocycles. The van der Waals surface area contributed by atoms with Crippen molar-refractivity contribution in [1.82, 2.24) is 10.2 Å². The van der Waals surface area contributed by atoms with Crippen LogP contribution >= 0.6 is 0 Å². The smallest absolute Gasteiger partial charge is 0.338 e. The van der Waals surface area contributed by atoms with Crippen LogP contribution in [0.15, 0.2) is 54.6 Å². The van der Waals surface area contributed by atoms with Gasteiger partial charge >= 0.3 is 5.97 Å². The Morgan fingerprint density at radius 3 is 2.38 bits per heavy atom. The molecule has 0 spiro atoms. The Kier molecular flexibility index (Phi) is 6.97. The van der Waals surface area contributed by atoms with E-state index in [-0.39, 0.29) is 24.3 Å². The largest absolute Gasteiger partial charge is 0.462 e. The second-order valence-electron chi connectivity index (χ2n) is 8.29. The summed E-state index contributed by atoms with van der Waals surface area (Å²) in [6.07, 6.45) is 2.04. The molecule has 7 heteroatoms. The second kappa shape index (κ2) is 10.1. The zero-order chi connectivity index (χ0) is 22.5. The maximum atomic E-state index is 13.0. The molecule has 1 unspecified atom stereocenters. The molecule has 0 bridgehead atoms. The number of rotatable bonds is 7. The van der Waals surface area contributed by atoms with Crippen molar-refractivity contribution >= 4 is 23.5 Å². The minimum absolute atomic E-state index is 0.155. The van der Waals surface area contributed by atoms with Crippen molar-refractivity contribution in [3.05, 3.63) is 65.7 Å². The molecule has 4 rings (SSSR count). The Morgan fingerprint density at radius 2 is 1.72 bits per heavy atom. The van der Waals surface area contributed by atoms with Gasteiger partial charge in [-0.1, -0.05) is 30.3 Å². The molecule has 1 atom stereocenters. The fraction of sp³-hybridized carbons (Fsp3) is 0.400. The van der Waals surface area contributed by atoms with E-state index in [1.54, 1.807) is 31.2 Å². The summed E-state index contributed by atoms with van der Waals surface area (Å²) in [5, 5.41) is 3.42. The molecule has 2 aromatic carbocycles. The average Bonchev–Trinajstić information content (AvgIpc) is 3.09. The third-order valence-corrected chi connectivity index (χ3v) is 6.06. The highest BCUT2D eigenvalue weighted by molar-refractivity contribution is 6.22. The number of anilines is 1. The van der Waals surface area contributed by atoms with Crippen molar-refractivity contribution in [2.75, 3.05) is 24.6 Å². The van der Waals surface area contributed by atoms with Crippen LogP contribution < -0.4 is 10.2 Å². The number of esters is 1. The lowest BCUT2D eigenvalue weighted by molar-refractivity contribution is -0.121. The molecular formula is C25H29N3O4. The maximum absolute atomic E-state index is 13.0. The van der Waals surface area contributed by atoms with Gasteiger partial charge < -0.3 is 10.1 Å². The highest BCUT2D eigenvalue weighted by Gasteiger charge is 2.40. The second-order valence-corrected chi connectivity index (χ2v) is 8.29. The molecule has 2 fully saturated rings. The van der Waals surface area contributed by atoms with Crippen molar-refractivity contribution in [3.8, 4) is 0 Å². The first-order chi connectivity index (χ1) is 15.5. The molecule has 2 aliphatic rings. The summed E-state index contributed by atoms with van der Waals surface area (Å²) in [5.41, 5.74) is 2.18. The number of carbonyl (C=O) groups excluding carboxylic acids is 3. The number of carbonyl (C=O) groups is 3. The van der Waals surface area contributed by atoms with Crippen molar-refractivity contribution in [3.63, 3.8) is 0 Å². The third kappa shape index (κ3) is 5.06. The van der Waals surface area contributed by atoms with E-state index in [1.807, 2.05) is 6.07 Å². The van der Waals surface area contributed by atoms with Crippen LogP contribution in [-0.4, -0.2) is 54.5 Å². The number of hydrogen-bond acceptors (Lipinski definition) is 6. The average molecular weight is 436 g/mol. The van der Waals surface area contributed by atoms with E-state index in [4.69, 9.17) is 4.74 Å². The van der Waals surface area contributed by atoms with Crippen molar-refractivity contribution < 1.29 is 19.1 Å². The first-order valence-electron chi connectivity index (χ1n) is 11.2. The SMILES string of the molecule is CCOC(=O)c1ccc(N2C(=O)CC(NC3CCN(Cc4ccccc4)CC3)C2=O)cc1. The monoisotopic (exact) mass is 435 g/mol. The van der Waals surface area contributed by atoms with Gasteiger partial charge in [0.25, 0.3) is 5.91 Å². The topological polar surface area (TPSA) is 79.0 Å². The fourth-order valence-electron chi connectivity index (χ4n) is 4.38. The first kappa shape index (κ1) is 22.2. The van der Waals surface area contributed by atoms with E-state index in [0.717, 1.165) is 32.5 Å². The van der Waals surface area contributed by atoms with E-state index in [9.17, 15) is 14.4 Å². The van der Waals surface area contributed by atoms with E-state index in [2.05, 4.69) is 34.5 Å². The Bertz CT molecular complexity index is 953. The number of benzene rings is 2. The van der Waals surface area contributed by atoms with Crippen LogP contribution in [0.1, 0.15) is 42.1 Å². The summed E-state index contributed by atoms with van der Waals surface area (Å²) >= 11 is 0. The van der Waals surface area contributed by atoms with Crippen LogP contribution in [0.3, 0.4) is 0 Å². The van der Waals surface area contributed by atoms with Gasteiger partial charge in [-0.2, -0.15) is 0 Å². The molecular weight excluding hydrogens is 406 g/mol. The lowest BCUT2D eigenvalue weighted by atomic mass is 10.0. The van der Waals surface area contributed by atoms with Gasteiger partial charge in [0.15, 0.2) is 0 Å². The maximum Gasteiger partial charge on any atom is 0.338 e. The number of nitrogens with zero attached hydrogens (tertiary/aromatic N) is 2. The predicted octanol–water partition coefficient (Wildman–Crippen LogP) is 2.75.